The SMILES string of the molecule is COc1ccc(C(OCc2cn([C@H]3C[C@@H](O)[C@@H](COP(=O)(O)OP(=O)(O)OP(=O)(O)O)O3)c3nc(N)[nH]c(=O)c23)C(C)(C)C)c([N+](=O)[O-])c1. The zero-order chi connectivity index (χ0) is 36.7. The molecule has 6 atom stereocenters. The number of benzene rings is 1. The van der Waals surface area contributed by atoms with E-state index >= 15 is 0 Å². The second-order valence-electron chi connectivity index (χ2n) is 11.8. The highest BCUT2D eigenvalue weighted by Crippen LogP contribution is 2.66. The number of nitrogen functional groups attached to an aromatic ring is 1. The number of nitrogens with two attached hydrogens (primary N) is 1. The van der Waals surface area contributed by atoms with Gasteiger partial charge in [0, 0.05) is 18.2 Å². The number of methoxy groups -OCH3 is 1. The molecule has 0 spiro atoms. The van der Waals surface area contributed by atoms with E-state index in [1.807, 2.05) is 0 Å². The van der Waals surface area contributed by atoms with Gasteiger partial charge in [0.05, 0.1) is 54.5 Å². The van der Waals surface area contributed by atoms with Crippen molar-refractivity contribution in [2.75, 3.05) is 19.5 Å². The second-order valence-corrected chi connectivity index (χ2v) is 16.2. The van der Waals surface area contributed by atoms with Crippen LogP contribution in [0.3, 0.4) is 0 Å². The first-order chi connectivity index (χ1) is 22.5. The number of rotatable bonds is 14. The van der Waals surface area contributed by atoms with Crippen LogP contribution in [0.15, 0.2) is 29.2 Å². The average Bonchev–Trinajstić information content (AvgIpc) is 3.49. The van der Waals surface area contributed by atoms with Crippen LogP contribution < -0.4 is 16.0 Å². The number of aromatic nitrogens is 3. The van der Waals surface area contributed by atoms with Gasteiger partial charge in [-0.3, -0.25) is 24.4 Å². The smallest absolute Gasteiger partial charge is 0.490 e. The highest BCUT2D eigenvalue weighted by Gasteiger charge is 2.43. The normalized spacial score (nSPS) is 21.7. The van der Waals surface area contributed by atoms with Crippen molar-refractivity contribution in [3.8, 4) is 5.75 Å². The second kappa shape index (κ2) is 14.3. The summed E-state index contributed by atoms with van der Waals surface area (Å²) >= 11 is 0. The first kappa shape index (κ1) is 38.7. The molecule has 1 fully saturated rings. The fraction of sp³-hybridized carbons (Fsp3) is 0.500. The summed E-state index contributed by atoms with van der Waals surface area (Å²) in [6, 6.07) is 4.34. The fourth-order valence-corrected chi connectivity index (χ4v) is 8.12. The van der Waals surface area contributed by atoms with Crippen molar-refractivity contribution in [2.24, 2.45) is 5.41 Å². The molecular formula is C24H34N5O17P3. The van der Waals surface area contributed by atoms with Crippen molar-refractivity contribution < 1.29 is 70.7 Å². The van der Waals surface area contributed by atoms with Gasteiger partial charge in [-0.25, -0.2) is 13.7 Å². The molecule has 8 N–H and O–H groups in total. The Morgan fingerprint density at radius 2 is 1.86 bits per heavy atom. The van der Waals surface area contributed by atoms with Gasteiger partial charge in [0.2, 0.25) is 5.95 Å². The van der Waals surface area contributed by atoms with Crippen LogP contribution in [-0.4, -0.2) is 70.1 Å². The van der Waals surface area contributed by atoms with Crippen molar-refractivity contribution in [1.29, 1.82) is 0 Å². The van der Waals surface area contributed by atoms with Gasteiger partial charge < -0.3 is 49.2 Å². The number of nitro benzene ring substituents is 1. The van der Waals surface area contributed by atoms with Crippen LogP contribution >= 0.6 is 23.5 Å². The molecule has 4 rings (SSSR count). The maximum Gasteiger partial charge on any atom is 0.490 e. The van der Waals surface area contributed by atoms with Gasteiger partial charge in [-0.2, -0.15) is 13.6 Å². The molecule has 49 heavy (non-hydrogen) atoms. The number of phosphoric ester groups is 1. The molecule has 2 aromatic heterocycles. The van der Waals surface area contributed by atoms with E-state index in [0.717, 1.165) is 0 Å². The van der Waals surface area contributed by atoms with Gasteiger partial charge >= 0.3 is 23.5 Å². The maximum absolute atomic E-state index is 13.1. The lowest BCUT2D eigenvalue weighted by Gasteiger charge is -2.31. The highest BCUT2D eigenvalue weighted by molar-refractivity contribution is 7.66. The Labute approximate surface area is 276 Å². The quantitative estimate of drug-likeness (QED) is 0.0705. The number of nitrogens with one attached hydrogen (secondary N) is 1. The van der Waals surface area contributed by atoms with Crippen LogP contribution in [0.25, 0.3) is 11.0 Å². The van der Waals surface area contributed by atoms with Crippen molar-refractivity contribution in [2.45, 2.75) is 58.3 Å². The number of ether oxygens (including phenoxy) is 3. The van der Waals surface area contributed by atoms with Gasteiger partial charge in [0.1, 0.15) is 18.1 Å². The topological polar surface area (TPSA) is 328 Å². The minimum atomic E-state index is -5.77. The van der Waals surface area contributed by atoms with Crippen LogP contribution in [0.5, 0.6) is 5.75 Å². The number of hydrogen-bond acceptors (Lipinski definition) is 15. The fourth-order valence-electron chi connectivity index (χ4n) is 5.09. The van der Waals surface area contributed by atoms with Gasteiger partial charge in [-0.15, -0.1) is 0 Å². The molecule has 0 amide bonds. The summed E-state index contributed by atoms with van der Waals surface area (Å²) < 4.78 is 65.0. The first-order valence-electron chi connectivity index (χ1n) is 14.0. The van der Waals surface area contributed by atoms with Crippen LogP contribution in [0.2, 0.25) is 0 Å². The Morgan fingerprint density at radius 1 is 1.18 bits per heavy atom. The van der Waals surface area contributed by atoms with Crippen molar-refractivity contribution >= 4 is 46.1 Å². The van der Waals surface area contributed by atoms with Crippen molar-refractivity contribution in [1.82, 2.24) is 14.5 Å². The Bertz CT molecular complexity index is 1920. The predicted octanol–water partition coefficient (Wildman–Crippen LogP) is 2.52. The molecule has 272 valence electrons. The third kappa shape index (κ3) is 9.59. The summed E-state index contributed by atoms with van der Waals surface area (Å²) in [6.07, 6.45) is -3.53. The van der Waals surface area contributed by atoms with Crippen LogP contribution in [0.1, 0.15) is 50.7 Å². The number of nitro groups is 1. The van der Waals surface area contributed by atoms with E-state index < -0.39 is 70.5 Å². The average molecular weight is 757 g/mol. The van der Waals surface area contributed by atoms with E-state index in [-0.39, 0.29) is 52.6 Å². The summed E-state index contributed by atoms with van der Waals surface area (Å²) in [7, 11) is -15.5. The van der Waals surface area contributed by atoms with Crippen LogP contribution in [-0.2, 0) is 42.9 Å². The third-order valence-electron chi connectivity index (χ3n) is 7.02. The number of hydrogen-bond donors (Lipinski definition) is 7. The zero-order valence-corrected chi connectivity index (χ0v) is 28.8. The molecule has 1 saturated heterocycles. The molecule has 22 nitrogen and oxygen atoms in total. The first-order valence-corrected chi connectivity index (χ1v) is 18.5. The molecule has 0 radical (unpaired) electrons. The molecule has 3 unspecified atom stereocenters. The molecule has 1 aliphatic rings. The van der Waals surface area contributed by atoms with Gasteiger partial charge in [0.25, 0.3) is 11.2 Å². The Kier molecular flexibility index (Phi) is 11.3. The number of aromatic amines is 1. The van der Waals surface area contributed by atoms with E-state index in [1.165, 1.54) is 30.0 Å². The molecule has 3 aromatic rings. The lowest BCUT2D eigenvalue weighted by Crippen LogP contribution is -2.26. The highest BCUT2D eigenvalue weighted by atomic mass is 31.3. The summed E-state index contributed by atoms with van der Waals surface area (Å²) in [4.78, 5) is 67.5. The summed E-state index contributed by atoms with van der Waals surface area (Å²) in [5, 5.41) is 22.6. The van der Waals surface area contributed by atoms with Crippen LogP contribution in [0.4, 0.5) is 11.6 Å². The van der Waals surface area contributed by atoms with Crippen LogP contribution in [0, 0.1) is 15.5 Å². The molecule has 0 saturated carbocycles. The number of fused-ring (bicyclic) bond motifs is 1. The molecule has 0 aliphatic carbocycles. The van der Waals surface area contributed by atoms with Gasteiger partial charge in [-0.05, 0) is 17.5 Å². The number of H-pyrrole nitrogens is 1. The van der Waals surface area contributed by atoms with Crippen molar-refractivity contribution in [3.63, 3.8) is 0 Å². The van der Waals surface area contributed by atoms with E-state index in [2.05, 4.69) is 23.1 Å². The molecule has 0 bridgehead atoms. The largest absolute Gasteiger partial charge is 0.497 e. The molecule has 1 aromatic carbocycles. The molecule has 1 aliphatic heterocycles. The predicted molar refractivity (Wildman–Crippen MR) is 166 cm³/mol. The number of anilines is 1. The zero-order valence-electron chi connectivity index (χ0n) is 26.1. The number of aliphatic hydroxyl groups is 1. The summed E-state index contributed by atoms with van der Waals surface area (Å²) in [5.41, 5.74) is 4.69. The molecule has 3 heterocycles. The minimum Gasteiger partial charge on any atom is -0.497 e. The third-order valence-corrected chi connectivity index (χ3v) is 10.8. The van der Waals surface area contributed by atoms with Crippen molar-refractivity contribution in [3.05, 3.63) is 56.0 Å². The summed E-state index contributed by atoms with van der Waals surface area (Å²) in [5.74, 6) is -0.00558. The Balaban J connectivity index is 1.59. The molecule has 25 heteroatoms. The maximum atomic E-state index is 13.1. The number of aliphatic hydroxyl groups excluding tert-OH is 1. The monoisotopic (exact) mass is 757 g/mol. The number of nitrogens with zero attached hydrogens (tertiary/aromatic N) is 3. The summed E-state index contributed by atoms with van der Waals surface area (Å²) in [6.45, 7) is 4.22. The van der Waals surface area contributed by atoms with E-state index in [0.29, 0.717) is 0 Å². The van der Waals surface area contributed by atoms with Gasteiger partial charge in [-0.1, -0.05) is 20.8 Å². The lowest BCUT2D eigenvalue weighted by atomic mass is 9.84. The van der Waals surface area contributed by atoms with E-state index in [1.54, 1.807) is 26.8 Å². The Hall–Kier alpha value is -3.07. The number of phosphoric acid groups is 3. The Morgan fingerprint density at radius 3 is 2.45 bits per heavy atom. The van der Waals surface area contributed by atoms with Gasteiger partial charge in [0.15, 0.2) is 5.65 Å². The molecular weight excluding hydrogens is 723 g/mol. The van der Waals surface area contributed by atoms with E-state index in [4.69, 9.17) is 29.7 Å². The van der Waals surface area contributed by atoms with E-state index in [9.17, 15) is 43.5 Å². The minimum absolute atomic E-state index is 0.00618. The lowest BCUT2D eigenvalue weighted by molar-refractivity contribution is -0.386. The standard InChI is InChI=1S/C24H34N5O17P3/c1-24(2,3)20(14-6-5-13(41-4)7-15(14)29(32)33)42-10-12-9-28(21-19(12)22(31)27-23(25)26-21)18-8-16(30)17(44-18)11-43-48(37,38)46-49(39,40)45-47(34,35)36/h5-7,9,16-18,20,30H,8,10-11H2,1-4H3,(H,37,38)(H,39,40)(H2,34,35,36)(H3,25,26,27,31)/t16-,17-,18-,20?/m1/s1.